The Morgan fingerprint density at radius 1 is 1.04 bits per heavy atom. The Hall–Kier alpha value is -2.80. The van der Waals surface area contributed by atoms with Gasteiger partial charge in [-0.1, -0.05) is 30.3 Å². The molecule has 0 radical (unpaired) electrons. The van der Waals surface area contributed by atoms with Crippen LogP contribution in [-0.2, 0) is 19.6 Å². The number of esters is 1. The highest BCUT2D eigenvalue weighted by atomic mass is 32.2. The zero-order valence-corrected chi connectivity index (χ0v) is 12.9. The highest BCUT2D eigenvalue weighted by molar-refractivity contribution is 7.98. The topological polar surface area (TPSA) is 83.9 Å². The van der Waals surface area contributed by atoms with Gasteiger partial charge in [0.05, 0.1) is 18.5 Å². The Morgan fingerprint density at radius 2 is 1.65 bits per heavy atom. The van der Waals surface area contributed by atoms with Crippen molar-refractivity contribution in [3.05, 3.63) is 65.1 Å². The molecular formula is C16H13NO5S. The molecule has 0 aliphatic carbocycles. The van der Waals surface area contributed by atoms with Crippen LogP contribution in [0.3, 0.4) is 0 Å². The normalized spacial score (nSPS) is 16.0. The molecule has 3 rings (SSSR count). The maximum atomic E-state index is 12.9. The number of nitrogens with zero attached hydrogens (tertiary/aromatic N) is 1. The number of benzene rings is 2. The number of hydrogen-bond acceptors (Lipinski definition) is 5. The number of hydrogen-bond donors (Lipinski definition) is 1. The largest absolute Gasteiger partial charge is 0.506 e. The van der Waals surface area contributed by atoms with E-state index in [2.05, 4.69) is 4.74 Å². The zero-order chi connectivity index (χ0) is 16.6. The predicted octanol–water partition coefficient (Wildman–Crippen LogP) is 2.57. The third kappa shape index (κ3) is 2.25. The number of rotatable bonds is 2. The summed E-state index contributed by atoms with van der Waals surface area (Å²) in [6.45, 7) is 0. The van der Waals surface area contributed by atoms with Crippen molar-refractivity contribution < 1.29 is 23.1 Å². The summed E-state index contributed by atoms with van der Waals surface area (Å²) in [4.78, 5) is 11.2. The van der Waals surface area contributed by atoms with Crippen LogP contribution in [0.4, 0.5) is 11.4 Å². The average Bonchev–Trinajstić information content (AvgIpc) is 2.55. The second-order valence-electron chi connectivity index (χ2n) is 4.79. The van der Waals surface area contributed by atoms with Crippen LogP contribution in [0.2, 0.25) is 0 Å². The summed E-state index contributed by atoms with van der Waals surface area (Å²) in [5.41, 5.74) is 0.865. The highest BCUT2D eigenvalue weighted by Crippen LogP contribution is 2.42. The molecule has 1 heterocycles. The molecule has 0 unspecified atom stereocenters. The first-order valence-electron chi connectivity index (χ1n) is 6.70. The van der Waals surface area contributed by atoms with E-state index in [4.69, 9.17) is 0 Å². The molecule has 6 nitrogen and oxygen atoms in total. The summed E-state index contributed by atoms with van der Waals surface area (Å²) in [5.74, 6) is -1.72. The van der Waals surface area contributed by atoms with Crippen LogP contribution in [0.15, 0.2) is 59.5 Å². The summed E-state index contributed by atoms with van der Waals surface area (Å²) < 4.78 is 31.3. The van der Waals surface area contributed by atoms with Gasteiger partial charge in [-0.05, 0) is 24.3 Å². The van der Waals surface area contributed by atoms with E-state index in [1.165, 1.54) is 6.07 Å². The van der Waals surface area contributed by atoms with Gasteiger partial charge >= 0.3 is 5.97 Å². The molecule has 0 spiro atoms. The second kappa shape index (κ2) is 5.44. The van der Waals surface area contributed by atoms with Crippen molar-refractivity contribution in [1.29, 1.82) is 0 Å². The molecule has 0 fully saturated rings. The number of fused-ring (bicyclic) bond motifs is 1. The van der Waals surface area contributed by atoms with Crippen LogP contribution in [0.25, 0.3) is 5.76 Å². The maximum Gasteiger partial charge on any atom is 0.355 e. The van der Waals surface area contributed by atoms with Gasteiger partial charge in [-0.3, -0.25) is 0 Å². The molecule has 1 N–H and O–H groups in total. The summed E-state index contributed by atoms with van der Waals surface area (Å²) in [6.07, 6.45) is 0. The molecule has 0 amide bonds. The molecule has 118 valence electrons. The van der Waals surface area contributed by atoms with Crippen molar-refractivity contribution >= 4 is 33.1 Å². The van der Waals surface area contributed by atoms with Crippen molar-refractivity contribution in [2.75, 3.05) is 11.4 Å². The van der Waals surface area contributed by atoms with Gasteiger partial charge in [-0.15, -0.1) is 0 Å². The lowest BCUT2D eigenvalue weighted by atomic mass is 10.1. The Balaban J connectivity index is 2.37. The molecular weight excluding hydrogens is 318 g/mol. The number of aliphatic hydroxyl groups excluding tert-OH is 1. The van der Waals surface area contributed by atoms with E-state index in [1.807, 2.05) is 0 Å². The van der Waals surface area contributed by atoms with Crippen molar-refractivity contribution in [2.24, 2.45) is 0 Å². The maximum absolute atomic E-state index is 12.9. The lowest BCUT2D eigenvalue weighted by molar-refractivity contribution is -0.135. The standard InChI is InChI=1S/C16H13NO5S/c1-22-16(19)15-14(18)12-9-5-6-10-13(12)17(23(15,20)21)11-7-3-2-4-8-11/h2-10,18H,1H3. The fourth-order valence-electron chi connectivity index (χ4n) is 2.45. The summed E-state index contributed by atoms with van der Waals surface area (Å²) in [5, 5.41) is 10.3. The molecule has 1 aliphatic rings. The van der Waals surface area contributed by atoms with Crippen molar-refractivity contribution in [2.45, 2.75) is 0 Å². The van der Waals surface area contributed by atoms with Crippen LogP contribution >= 0.6 is 0 Å². The van der Waals surface area contributed by atoms with Gasteiger partial charge in [0.2, 0.25) is 4.91 Å². The van der Waals surface area contributed by atoms with Gasteiger partial charge < -0.3 is 9.84 Å². The molecule has 0 saturated carbocycles. The fraction of sp³-hybridized carbons (Fsp3) is 0.0625. The van der Waals surface area contributed by atoms with Crippen LogP contribution in [0.5, 0.6) is 0 Å². The van der Waals surface area contributed by atoms with Gasteiger partial charge in [0.15, 0.2) is 5.76 Å². The molecule has 0 atom stereocenters. The number of sulfonamides is 1. The Kier molecular flexibility index (Phi) is 3.57. The SMILES string of the molecule is COC(=O)C1=C(O)c2ccccc2N(c2ccccc2)S1(=O)=O. The quantitative estimate of drug-likeness (QED) is 0.855. The molecule has 0 bridgehead atoms. The molecule has 1 aliphatic heterocycles. The van der Waals surface area contributed by atoms with Crippen molar-refractivity contribution in [1.82, 2.24) is 0 Å². The number of carbonyl (C=O) groups is 1. The number of aliphatic hydroxyl groups is 1. The number of anilines is 2. The fourth-order valence-corrected chi connectivity index (χ4v) is 4.10. The van der Waals surface area contributed by atoms with Gasteiger partial charge in [0.1, 0.15) is 0 Å². The lowest BCUT2D eigenvalue weighted by Gasteiger charge is -2.30. The first kappa shape index (κ1) is 15.1. The Morgan fingerprint density at radius 3 is 2.30 bits per heavy atom. The monoisotopic (exact) mass is 331 g/mol. The minimum Gasteiger partial charge on any atom is -0.506 e. The second-order valence-corrected chi connectivity index (χ2v) is 6.51. The summed E-state index contributed by atoms with van der Waals surface area (Å²) in [7, 11) is -3.24. The van der Waals surface area contributed by atoms with Gasteiger partial charge in [-0.25, -0.2) is 17.5 Å². The number of carbonyl (C=O) groups excluding carboxylic acids is 1. The van der Waals surface area contributed by atoms with E-state index >= 15 is 0 Å². The van der Waals surface area contributed by atoms with Crippen LogP contribution in [0, 0.1) is 0 Å². The van der Waals surface area contributed by atoms with Crippen molar-refractivity contribution in [3.8, 4) is 0 Å². The first-order chi connectivity index (χ1) is 11.0. The van der Waals surface area contributed by atoms with Crippen molar-refractivity contribution in [3.63, 3.8) is 0 Å². The van der Waals surface area contributed by atoms with E-state index in [0.29, 0.717) is 5.69 Å². The van der Waals surface area contributed by atoms with E-state index < -0.39 is 26.7 Å². The molecule has 23 heavy (non-hydrogen) atoms. The minimum absolute atomic E-state index is 0.242. The smallest absolute Gasteiger partial charge is 0.355 e. The average molecular weight is 331 g/mol. The molecule has 2 aromatic carbocycles. The molecule has 7 heteroatoms. The van der Waals surface area contributed by atoms with Crippen LogP contribution in [0.1, 0.15) is 5.56 Å². The Bertz CT molecular complexity index is 903. The van der Waals surface area contributed by atoms with E-state index in [-0.39, 0.29) is 11.3 Å². The van der Waals surface area contributed by atoms with Gasteiger partial charge in [0.25, 0.3) is 10.0 Å². The predicted molar refractivity (Wildman–Crippen MR) is 85.5 cm³/mol. The van der Waals surface area contributed by atoms with Crippen LogP contribution in [-0.4, -0.2) is 26.6 Å². The van der Waals surface area contributed by atoms with E-state index in [0.717, 1.165) is 11.4 Å². The third-order valence-electron chi connectivity index (χ3n) is 3.45. The lowest BCUT2D eigenvalue weighted by Crippen LogP contribution is -2.35. The molecule has 2 aromatic rings. The minimum atomic E-state index is -4.30. The number of ether oxygens (including phenoxy) is 1. The summed E-state index contributed by atoms with van der Waals surface area (Å²) in [6, 6.07) is 14.7. The van der Waals surface area contributed by atoms with Crippen LogP contribution < -0.4 is 4.31 Å². The third-order valence-corrected chi connectivity index (χ3v) is 5.22. The zero-order valence-electron chi connectivity index (χ0n) is 12.1. The highest BCUT2D eigenvalue weighted by Gasteiger charge is 2.42. The number of para-hydroxylation sites is 2. The Labute approximate surface area is 133 Å². The number of methoxy groups -OCH3 is 1. The summed E-state index contributed by atoms with van der Waals surface area (Å²) >= 11 is 0. The molecule has 0 saturated heterocycles. The first-order valence-corrected chi connectivity index (χ1v) is 8.14. The van der Waals surface area contributed by atoms with Gasteiger partial charge in [-0.2, -0.15) is 0 Å². The van der Waals surface area contributed by atoms with Gasteiger partial charge in [0, 0.05) is 5.56 Å². The van der Waals surface area contributed by atoms with E-state index in [9.17, 15) is 18.3 Å². The molecule has 0 aromatic heterocycles. The van der Waals surface area contributed by atoms with E-state index in [1.54, 1.807) is 48.5 Å².